The highest BCUT2D eigenvalue weighted by atomic mass is 32.1. The summed E-state index contributed by atoms with van der Waals surface area (Å²) >= 11 is 5.51. The van der Waals surface area contributed by atoms with Gasteiger partial charge in [0.1, 0.15) is 0 Å². The Morgan fingerprint density at radius 1 is 1.13 bits per heavy atom. The number of anilines is 2. The SMILES string of the molecule is CCOC(=O)c1ccc(C)c(NC(=S)N[C@@H](C)c2ccc(N3CCCCC3)cc2)c1. The molecule has 0 bridgehead atoms. The lowest BCUT2D eigenvalue weighted by Gasteiger charge is -2.29. The zero-order valence-corrected chi connectivity index (χ0v) is 18.8. The number of ether oxygens (including phenoxy) is 1. The maximum absolute atomic E-state index is 12.0. The molecule has 0 radical (unpaired) electrons. The molecular formula is C24H31N3O2S. The van der Waals surface area contributed by atoms with Crippen molar-refractivity contribution in [3.63, 3.8) is 0 Å². The predicted molar refractivity (Wildman–Crippen MR) is 127 cm³/mol. The van der Waals surface area contributed by atoms with Crippen molar-refractivity contribution >= 4 is 34.7 Å². The number of benzene rings is 2. The second kappa shape index (κ2) is 10.4. The molecule has 1 saturated heterocycles. The Morgan fingerprint density at radius 3 is 2.50 bits per heavy atom. The Kier molecular flexibility index (Phi) is 7.69. The van der Waals surface area contributed by atoms with Gasteiger partial charge in [0, 0.05) is 24.5 Å². The van der Waals surface area contributed by atoms with Crippen molar-refractivity contribution in [2.75, 3.05) is 29.9 Å². The van der Waals surface area contributed by atoms with Crippen LogP contribution >= 0.6 is 12.2 Å². The summed E-state index contributed by atoms with van der Waals surface area (Å²) in [5, 5.41) is 7.07. The summed E-state index contributed by atoms with van der Waals surface area (Å²) in [4.78, 5) is 14.5. The molecule has 0 spiro atoms. The number of hydrogen-bond donors (Lipinski definition) is 2. The predicted octanol–water partition coefficient (Wildman–Crippen LogP) is 5.21. The van der Waals surface area contributed by atoms with Crippen LogP contribution in [0.15, 0.2) is 42.5 Å². The molecule has 6 heteroatoms. The van der Waals surface area contributed by atoms with Crippen LogP contribution in [0.3, 0.4) is 0 Å². The second-order valence-corrected chi connectivity index (χ2v) is 8.12. The molecule has 0 unspecified atom stereocenters. The van der Waals surface area contributed by atoms with E-state index < -0.39 is 0 Å². The number of rotatable bonds is 6. The van der Waals surface area contributed by atoms with Gasteiger partial charge in [-0.25, -0.2) is 4.79 Å². The van der Waals surface area contributed by atoms with E-state index in [4.69, 9.17) is 17.0 Å². The lowest BCUT2D eigenvalue weighted by molar-refractivity contribution is 0.0526. The van der Waals surface area contributed by atoms with Crippen molar-refractivity contribution in [3.8, 4) is 0 Å². The standard InChI is InChI=1S/C24H31N3O2S/c1-4-29-23(28)20-9-8-17(2)22(16-20)26-24(30)25-18(3)19-10-12-21(13-11-19)27-14-6-5-7-15-27/h8-13,16,18H,4-7,14-15H2,1-3H3,(H2,25,26,30)/t18-/m0/s1. The quantitative estimate of drug-likeness (QED) is 0.489. The molecule has 2 aromatic rings. The number of aryl methyl sites for hydroxylation is 1. The highest BCUT2D eigenvalue weighted by Crippen LogP contribution is 2.23. The lowest BCUT2D eigenvalue weighted by Crippen LogP contribution is -2.31. The number of piperidine rings is 1. The molecular weight excluding hydrogens is 394 g/mol. The third kappa shape index (κ3) is 5.72. The maximum atomic E-state index is 12.0. The smallest absolute Gasteiger partial charge is 0.338 e. The van der Waals surface area contributed by atoms with E-state index in [1.165, 1.54) is 30.5 Å². The van der Waals surface area contributed by atoms with Crippen LogP contribution in [0.2, 0.25) is 0 Å². The van der Waals surface area contributed by atoms with Gasteiger partial charge < -0.3 is 20.3 Å². The first-order chi connectivity index (χ1) is 14.5. The first-order valence-electron chi connectivity index (χ1n) is 10.7. The summed E-state index contributed by atoms with van der Waals surface area (Å²) < 4.78 is 5.08. The fraction of sp³-hybridized carbons (Fsp3) is 0.417. The van der Waals surface area contributed by atoms with E-state index in [0.29, 0.717) is 17.3 Å². The summed E-state index contributed by atoms with van der Waals surface area (Å²) in [6.07, 6.45) is 3.88. The van der Waals surface area contributed by atoms with Gasteiger partial charge in [-0.05, 0) is 87.6 Å². The molecule has 1 aliphatic rings. The van der Waals surface area contributed by atoms with Crippen LogP contribution in [0.4, 0.5) is 11.4 Å². The van der Waals surface area contributed by atoms with E-state index in [0.717, 1.165) is 24.3 Å². The van der Waals surface area contributed by atoms with Crippen LogP contribution in [-0.2, 0) is 4.74 Å². The molecule has 1 aliphatic heterocycles. The third-order valence-electron chi connectivity index (χ3n) is 5.46. The minimum Gasteiger partial charge on any atom is -0.462 e. The summed E-state index contributed by atoms with van der Waals surface area (Å²) in [5.74, 6) is -0.332. The van der Waals surface area contributed by atoms with Gasteiger partial charge in [-0.1, -0.05) is 18.2 Å². The third-order valence-corrected chi connectivity index (χ3v) is 5.68. The topological polar surface area (TPSA) is 53.6 Å². The molecule has 1 heterocycles. The Hall–Kier alpha value is -2.60. The number of thiocarbonyl (C=S) groups is 1. The fourth-order valence-corrected chi connectivity index (χ4v) is 3.95. The van der Waals surface area contributed by atoms with Crippen LogP contribution in [0, 0.1) is 6.92 Å². The van der Waals surface area contributed by atoms with Gasteiger partial charge in [-0.15, -0.1) is 0 Å². The van der Waals surface area contributed by atoms with Gasteiger partial charge in [0.15, 0.2) is 5.11 Å². The monoisotopic (exact) mass is 425 g/mol. The normalized spacial score (nSPS) is 14.7. The molecule has 1 atom stereocenters. The van der Waals surface area contributed by atoms with Gasteiger partial charge in [-0.2, -0.15) is 0 Å². The van der Waals surface area contributed by atoms with Crippen LogP contribution < -0.4 is 15.5 Å². The molecule has 0 saturated carbocycles. The summed E-state index contributed by atoms with van der Waals surface area (Å²) in [7, 11) is 0. The van der Waals surface area contributed by atoms with Gasteiger partial charge in [-0.3, -0.25) is 0 Å². The van der Waals surface area contributed by atoms with Gasteiger partial charge in [0.05, 0.1) is 18.2 Å². The highest BCUT2D eigenvalue weighted by Gasteiger charge is 2.13. The van der Waals surface area contributed by atoms with Crippen molar-refractivity contribution in [2.24, 2.45) is 0 Å². The molecule has 30 heavy (non-hydrogen) atoms. The lowest BCUT2D eigenvalue weighted by atomic mass is 10.1. The van der Waals surface area contributed by atoms with Crippen molar-refractivity contribution in [1.82, 2.24) is 5.32 Å². The van der Waals surface area contributed by atoms with Gasteiger partial charge in [0.2, 0.25) is 0 Å². The molecule has 2 N–H and O–H groups in total. The Bertz CT molecular complexity index is 877. The van der Waals surface area contributed by atoms with E-state index in [1.807, 2.05) is 13.0 Å². The van der Waals surface area contributed by atoms with Crippen molar-refractivity contribution in [2.45, 2.75) is 46.1 Å². The minimum atomic E-state index is -0.332. The summed E-state index contributed by atoms with van der Waals surface area (Å²) in [5.41, 5.74) is 4.78. The van der Waals surface area contributed by atoms with Crippen LogP contribution in [-0.4, -0.2) is 30.8 Å². The van der Waals surface area contributed by atoms with Crippen molar-refractivity contribution in [1.29, 1.82) is 0 Å². The molecule has 0 aliphatic carbocycles. The number of esters is 1. The maximum Gasteiger partial charge on any atom is 0.338 e. The zero-order chi connectivity index (χ0) is 21.5. The molecule has 0 amide bonds. The van der Waals surface area contributed by atoms with Gasteiger partial charge in [0.25, 0.3) is 0 Å². The van der Waals surface area contributed by atoms with E-state index in [1.54, 1.807) is 19.1 Å². The van der Waals surface area contributed by atoms with Crippen LogP contribution in [0.5, 0.6) is 0 Å². The van der Waals surface area contributed by atoms with Crippen molar-refractivity contribution < 1.29 is 9.53 Å². The second-order valence-electron chi connectivity index (χ2n) is 7.71. The molecule has 1 fully saturated rings. The molecule has 5 nitrogen and oxygen atoms in total. The summed E-state index contributed by atoms with van der Waals surface area (Å²) in [6.45, 7) is 8.50. The van der Waals surface area contributed by atoms with E-state index in [2.05, 4.69) is 46.7 Å². The Balaban J connectivity index is 1.60. The number of nitrogens with zero attached hydrogens (tertiary/aromatic N) is 1. The minimum absolute atomic E-state index is 0.0638. The number of hydrogen-bond acceptors (Lipinski definition) is 4. The van der Waals surface area contributed by atoms with E-state index >= 15 is 0 Å². The Morgan fingerprint density at radius 2 is 1.83 bits per heavy atom. The largest absolute Gasteiger partial charge is 0.462 e. The van der Waals surface area contributed by atoms with Crippen molar-refractivity contribution in [3.05, 3.63) is 59.2 Å². The molecule has 3 rings (SSSR count). The average molecular weight is 426 g/mol. The number of carbonyl (C=O) groups is 1. The Labute approximate surface area is 184 Å². The van der Waals surface area contributed by atoms with E-state index in [9.17, 15) is 4.79 Å². The summed E-state index contributed by atoms with van der Waals surface area (Å²) in [6, 6.07) is 14.2. The van der Waals surface area contributed by atoms with Crippen LogP contribution in [0.25, 0.3) is 0 Å². The number of nitrogens with one attached hydrogen (secondary N) is 2. The zero-order valence-electron chi connectivity index (χ0n) is 18.0. The van der Waals surface area contributed by atoms with Crippen LogP contribution in [0.1, 0.15) is 60.6 Å². The molecule has 2 aromatic carbocycles. The fourth-order valence-electron chi connectivity index (χ4n) is 3.66. The van der Waals surface area contributed by atoms with E-state index in [-0.39, 0.29) is 12.0 Å². The average Bonchev–Trinajstić information content (AvgIpc) is 2.76. The molecule has 0 aromatic heterocycles. The first-order valence-corrected chi connectivity index (χ1v) is 11.1. The first kappa shape index (κ1) is 22.1. The highest BCUT2D eigenvalue weighted by molar-refractivity contribution is 7.80. The number of carbonyl (C=O) groups excluding carboxylic acids is 1. The van der Waals surface area contributed by atoms with Gasteiger partial charge >= 0.3 is 5.97 Å². The molecule has 160 valence electrons.